The molecule has 3 aromatic rings. The first kappa shape index (κ1) is 14.7. The number of aromatic nitrogens is 2. The fourth-order valence-corrected chi connectivity index (χ4v) is 2.92. The lowest BCUT2D eigenvalue weighted by Crippen LogP contribution is -2.10. The summed E-state index contributed by atoms with van der Waals surface area (Å²) in [5, 5.41) is 13.5. The predicted molar refractivity (Wildman–Crippen MR) is 93.8 cm³/mol. The Morgan fingerprint density at radius 1 is 0.864 bits per heavy atom. The molecule has 0 unspecified atom stereocenters. The standard InChI is InChI=1S/C18H19N3S/c1-18(2,3)14-11-9-13(10-12-14)16-20-21-17(22-16)19-15-7-5-4-6-8-15/h4-12H,1-3H3,(H,19,21). The number of nitrogens with one attached hydrogen (secondary N) is 1. The van der Waals surface area contributed by atoms with Crippen LogP contribution in [0.15, 0.2) is 54.6 Å². The highest BCUT2D eigenvalue weighted by molar-refractivity contribution is 7.18. The third kappa shape index (κ3) is 3.34. The molecule has 22 heavy (non-hydrogen) atoms. The number of rotatable bonds is 3. The lowest BCUT2D eigenvalue weighted by atomic mass is 9.87. The molecule has 1 N–H and O–H groups in total. The van der Waals surface area contributed by atoms with Crippen LogP contribution in [0.2, 0.25) is 0 Å². The Labute approximate surface area is 135 Å². The first-order valence-electron chi connectivity index (χ1n) is 7.29. The van der Waals surface area contributed by atoms with Crippen molar-refractivity contribution in [1.29, 1.82) is 0 Å². The number of nitrogens with zero attached hydrogens (tertiary/aromatic N) is 2. The van der Waals surface area contributed by atoms with Gasteiger partial charge >= 0.3 is 0 Å². The van der Waals surface area contributed by atoms with Gasteiger partial charge in [0, 0.05) is 11.3 Å². The minimum Gasteiger partial charge on any atom is -0.330 e. The van der Waals surface area contributed by atoms with Crippen LogP contribution in [0.1, 0.15) is 26.3 Å². The molecule has 3 rings (SSSR count). The highest BCUT2D eigenvalue weighted by Crippen LogP contribution is 2.30. The van der Waals surface area contributed by atoms with E-state index in [9.17, 15) is 0 Å². The number of hydrogen-bond acceptors (Lipinski definition) is 4. The van der Waals surface area contributed by atoms with Gasteiger partial charge in [-0.05, 0) is 23.1 Å². The van der Waals surface area contributed by atoms with Crippen molar-refractivity contribution >= 4 is 22.2 Å². The van der Waals surface area contributed by atoms with E-state index >= 15 is 0 Å². The van der Waals surface area contributed by atoms with E-state index < -0.39 is 0 Å². The van der Waals surface area contributed by atoms with Gasteiger partial charge in [0.1, 0.15) is 5.01 Å². The summed E-state index contributed by atoms with van der Waals surface area (Å²) in [4.78, 5) is 0. The van der Waals surface area contributed by atoms with E-state index in [4.69, 9.17) is 0 Å². The maximum atomic E-state index is 4.28. The summed E-state index contributed by atoms with van der Waals surface area (Å²) < 4.78 is 0. The predicted octanol–water partition coefficient (Wildman–Crippen LogP) is 5.25. The first-order valence-corrected chi connectivity index (χ1v) is 8.10. The molecule has 0 spiro atoms. The molecular weight excluding hydrogens is 290 g/mol. The smallest absolute Gasteiger partial charge is 0.210 e. The zero-order valence-electron chi connectivity index (χ0n) is 13.0. The zero-order chi connectivity index (χ0) is 15.6. The van der Waals surface area contributed by atoms with Crippen molar-refractivity contribution in [2.75, 3.05) is 5.32 Å². The maximum Gasteiger partial charge on any atom is 0.210 e. The van der Waals surface area contributed by atoms with Gasteiger partial charge in [0.15, 0.2) is 0 Å². The van der Waals surface area contributed by atoms with Crippen molar-refractivity contribution in [3.63, 3.8) is 0 Å². The molecule has 0 atom stereocenters. The van der Waals surface area contributed by atoms with Gasteiger partial charge in [0.2, 0.25) is 5.13 Å². The fourth-order valence-electron chi connectivity index (χ4n) is 2.15. The summed E-state index contributed by atoms with van der Waals surface area (Å²) in [5.74, 6) is 0. The second kappa shape index (κ2) is 5.89. The van der Waals surface area contributed by atoms with Crippen molar-refractivity contribution in [2.24, 2.45) is 0 Å². The zero-order valence-corrected chi connectivity index (χ0v) is 13.8. The lowest BCUT2D eigenvalue weighted by molar-refractivity contribution is 0.590. The number of anilines is 2. The largest absolute Gasteiger partial charge is 0.330 e. The van der Waals surface area contributed by atoms with Gasteiger partial charge in [-0.1, -0.05) is 74.6 Å². The molecule has 0 aliphatic carbocycles. The number of hydrogen-bond donors (Lipinski definition) is 1. The third-order valence-electron chi connectivity index (χ3n) is 3.45. The van der Waals surface area contributed by atoms with E-state index in [1.807, 2.05) is 30.3 Å². The molecule has 0 aliphatic rings. The summed E-state index contributed by atoms with van der Waals surface area (Å²) in [7, 11) is 0. The SMILES string of the molecule is CC(C)(C)c1ccc(-c2nnc(Nc3ccccc3)s2)cc1. The summed E-state index contributed by atoms with van der Waals surface area (Å²) in [5.41, 5.74) is 3.61. The molecule has 2 aromatic carbocycles. The molecule has 112 valence electrons. The summed E-state index contributed by atoms with van der Waals surface area (Å²) >= 11 is 1.56. The van der Waals surface area contributed by atoms with E-state index in [-0.39, 0.29) is 5.41 Å². The molecular formula is C18H19N3S. The average Bonchev–Trinajstić information content (AvgIpc) is 2.96. The summed E-state index contributed by atoms with van der Waals surface area (Å²) in [6, 6.07) is 18.6. The minimum absolute atomic E-state index is 0.166. The van der Waals surface area contributed by atoms with E-state index in [0.29, 0.717) is 0 Å². The molecule has 0 bridgehead atoms. The molecule has 0 aliphatic heterocycles. The highest BCUT2D eigenvalue weighted by atomic mass is 32.1. The Hall–Kier alpha value is -2.20. The second-order valence-corrected chi connectivity index (χ2v) is 7.21. The van der Waals surface area contributed by atoms with E-state index in [0.717, 1.165) is 21.4 Å². The van der Waals surface area contributed by atoms with Crippen molar-refractivity contribution in [3.8, 4) is 10.6 Å². The van der Waals surface area contributed by atoms with Gasteiger partial charge in [0.05, 0.1) is 0 Å². The van der Waals surface area contributed by atoms with Crippen LogP contribution in [0.5, 0.6) is 0 Å². The lowest BCUT2D eigenvalue weighted by Gasteiger charge is -2.18. The quantitative estimate of drug-likeness (QED) is 0.718. The van der Waals surface area contributed by atoms with Crippen molar-refractivity contribution in [1.82, 2.24) is 10.2 Å². The summed E-state index contributed by atoms with van der Waals surface area (Å²) in [6.45, 7) is 6.65. The van der Waals surface area contributed by atoms with Crippen LogP contribution in [-0.2, 0) is 5.41 Å². The van der Waals surface area contributed by atoms with Crippen molar-refractivity contribution in [2.45, 2.75) is 26.2 Å². The van der Waals surface area contributed by atoms with Crippen molar-refractivity contribution in [3.05, 3.63) is 60.2 Å². The first-order chi connectivity index (χ1) is 10.5. The van der Waals surface area contributed by atoms with Gasteiger partial charge in [-0.15, -0.1) is 10.2 Å². The molecule has 0 fully saturated rings. The van der Waals surface area contributed by atoms with E-state index in [2.05, 4.69) is 60.6 Å². The van der Waals surface area contributed by atoms with Crippen LogP contribution in [0, 0.1) is 0 Å². The Balaban J connectivity index is 1.79. The topological polar surface area (TPSA) is 37.8 Å². The number of para-hydroxylation sites is 1. The minimum atomic E-state index is 0.166. The third-order valence-corrected chi connectivity index (χ3v) is 4.34. The van der Waals surface area contributed by atoms with Gasteiger partial charge in [-0.2, -0.15) is 0 Å². The van der Waals surface area contributed by atoms with Crippen LogP contribution in [0.3, 0.4) is 0 Å². The Kier molecular flexibility index (Phi) is 3.94. The Bertz CT molecular complexity index is 740. The van der Waals surface area contributed by atoms with Gasteiger partial charge in [-0.25, -0.2) is 0 Å². The summed E-state index contributed by atoms with van der Waals surface area (Å²) in [6.07, 6.45) is 0. The Morgan fingerprint density at radius 2 is 1.55 bits per heavy atom. The van der Waals surface area contributed by atoms with Crippen molar-refractivity contribution < 1.29 is 0 Å². The van der Waals surface area contributed by atoms with Crippen LogP contribution in [0.4, 0.5) is 10.8 Å². The molecule has 1 aromatic heterocycles. The molecule has 0 saturated heterocycles. The Morgan fingerprint density at radius 3 is 2.18 bits per heavy atom. The van der Waals surface area contributed by atoms with Crippen LogP contribution in [0.25, 0.3) is 10.6 Å². The fraction of sp³-hybridized carbons (Fsp3) is 0.222. The maximum absolute atomic E-state index is 4.28. The monoisotopic (exact) mass is 309 g/mol. The highest BCUT2D eigenvalue weighted by Gasteiger charge is 2.14. The van der Waals surface area contributed by atoms with Gasteiger partial charge in [0.25, 0.3) is 0 Å². The second-order valence-electron chi connectivity index (χ2n) is 6.23. The van der Waals surface area contributed by atoms with Crippen LogP contribution in [-0.4, -0.2) is 10.2 Å². The van der Waals surface area contributed by atoms with Crippen LogP contribution < -0.4 is 5.32 Å². The molecule has 0 amide bonds. The van der Waals surface area contributed by atoms with E-state index in [1.54, 1.807) is 11.3 Å². The average molecular weight is 309 g/mol. The molecule has 0 radical (unpaired) electrons. The van der Waals surface area contributed by atoms with Gasteiger partial charge < -0.3 is 5.32 Å². The normalized spacial score (nSPS) is 11.4. The molecule has 4 heteroatoms. The van der Waals surface area contributed by atoms with Crippen LogP contribution >= 0.6 is 11.3 Å². The molecule has 3 nitrogen and oxygen atoms in total. The van der Waals surface area contributed by atoms with Gasteiger partial charge in [-0.3, -0.25) is 0 Å². The molecule has 0 saturated carbocycles. The number of benzene rings is 2. The molecule has 1 heterocycles. The van der Waals surface area contributed by atoms with E-state index in [1.165, 1.54) is 5.56 Å².